The summed E-state index contributed by atoms with van der Waals surface area (Å²) in [6.07, 6.45) is -11.9. The summed E-state index contributed by atoms with van der Waals surface area (Å²) in [4.78, 5) is 125. The molecule has 0 aliphatic rings. The van der Waals surface area contributed by atoms with Crippen LogP contribution >= 0.6 is 0 Å². The average molecular weight is 1180 g/mol. The maximum absolute atomic E-state index is 11.0. The molecule has 0 amide bonds. The molecule has 0 bridgehead atoms. The van der Waals surface area contributed by atoms with Crippen molar-refractivity contribution < 1.29 is 186 Å². The summed E-state index contributed by atoms with van der Waals surface area (Å²) in [5.41, 5.74) is 0. The SMILES string of the molecule is O=C(O)COC(CC(=O)O)C(=O)OS(=O)(=O)O.O=C(O)COC(CC(=O)O)C(=O)OS(=O)(=O)O.O=C(O)COC(CC(=O)O)C(=O)OS(=O)(=O)O.O=C(O)COC(CC(=O)O)C(=O)OS(=O)(=O)O.[NaH].[NaH].[NaH].[NaH]. The van der Waals surface area contributed by atoms with Crippen LogP contribution in [0.4, 0.5) is 0 Å². The molecule has 0 spiro atoms. The Kier molecular flexibility index (Phi) is 50.5. The Bertz CT molecular complexity index is 1980. The zero-order chi connectivity index (χ0) is 54.6. The van der Waals surface area contributed by atoms with E-state index in [1.165, 1.54) is 0 Å². The van der Waals surface area contributed by atoms with Crippen LogP contribution in [0.5, 0.6) is 0 Å². The molecule has 4 unspecified atom stereocenters. The second kappa shape index (κ2) is 42.4. The Morgan fingerprint density at radius 3 is 0.486 bits per heavy atom. The number of carbonyl (C=O) groups excluding carboxylic acids is 4. The summed E-state index contributed by atoms with van der Waals surface area (Å²) in [5, 5.41) is 66.3. The molecule has 12 N–H and O–H groups in total. The van der Waals surface area contributed by atoms with E-state index in [-0.39, 0.29) is 118 Å². The van der Waals surface area contributed by atoms with Gasteiger partial charge in [0.15, 0.2) is 24.4 Å². The molecule has 40 nitrogen and oxygen atoms in total. The minimum absolute atomic E-state index is 0. The van der Waals surface area contributed by atoms with Crippen molar-refractivity contribution in [2.45, 2.75) is 50.1 Å². The van der Waals surface area contributed by atoms with Crippen molar-refractivity contribution in [3.05, 3.63) is 0 Å². The predicted molar refractivity (Wildman–Crippen MR) is 218 cm³/mol. The fourth-order valence-corrected chi connectivity index (χ4v) is 4.05. The van der Waals surface area contributed by atoms with Gasteiger partial charge in [0.05, 0.1) is 25.7 Å². The van der Waals surface area contributed by atoms with Crippen LogP contribution < -0.4 is 0 Å². The molecule has 0 saturated heterocycles. The van der Waals surface area contributed by atoms with Crippen molar-refractivity contribution in [1.29, 1.82) is 0 Å². The fraction of sp³-hybridized carbons (Fsp3) is 0.500. The van der Waals surface area contributed by atoms with Gasteiger partial charge in [0, 0.05) is 0 Å². The third-order valence-corrected chi connectivity index (χ3v) is 6.37. The van der Waals surface area contributed by atoms with Crippen LogP contribution in [0.1, 0.15) is 25.7 Å². The predicted octanol–water partition coefficient (Wildman–Crippen LogP) is -9.49. The minimum atomic E-state index is -5.11. The van der Waals surface area contributed by atoms with Gasteiger partial charge >= 0.3 is 231 Å². The van der Waals surface area contributed by atoms with Gasteiger partial charge in [0.2, 0.25) is 0 Å². The number of carboxylic acids is 8. The van der Waals surface area contributed by atoms with Crippen LogP contribution in [0.15, 0.2) is 0 Å². The number of carboxylic acid groups (broad SMARTS) is 8. The molecule has 0 aliphatic heterocycles. The Balaban J connectivity index is -0.000000124. The molecule has 0 aromatic rings. The Labute approximate surface area is 488 Å². The number of rotatable bonds is 28. The summed E-state index contributed by atoms with van der Waals surface area (Å²) in [6.45, 7) is -4.12. The fourth-order valence-electron chi connectivity index (χ4n) is 2.79. The van der Waals surface area contributed by atoms with Crippen LogP contribution in [0, 0.1) is 0 Å². The van der Waals surface area contributed by atoms with E-state index < -0.39 is 190 Å². The number of hydrogen-bond donors (Lipinski definition) is 12. The number of aliphatic carboxylic acids is 8. The van der Waals surface area contributed by atoms with E-state index in [0.717, 1.165) is 0 Å². The van der Waals surface area contributed by atoms with Gasteiger partial charge in [-0.2, -0.15) is 33.7 Å². The van der Waals surface area contributed by atoms with Crippen molar-refractivity contribution in [2.75, 3.05) is 26.4 Å². The van der Waals surface area contributed by atoms with E-state index in [2.05, 4.69) is 35.7 Å². The monoisotopic (exact) mass is 1180 g/mol. The average Bonchev–Trinajstić information content (AvgIpc) is 3.09. The first kappa shape index (κ1) is 85.9. The van der Waals surface area contributed by atoms with Gasteiger partial charge in [-0.25, -0.2) is 38.4 Å². The molecular formula is C24H36Na4O40S4. The first-order valence-corrected chi connectivity index (χ1v) is 21.0. The Hall–Kier alpha value is -2.88. The van der Waals surface area contributed by atoms with Crippen LogP contribution in [-0.4, -0.2) is 333 Å². The van der Waals surface area contributed by atoms with Gasteiger partial charge in [-0.1, -0.05) is 0 Å². The molecule has 400 valence electrons. The number of carbonyl (C=O) groups is 12. The second-order valence-corrected chi connectivity index (χ2v) is 14.6. The van der Waals surface area contributed by atoms with Crippen LogP contribution in [0.3, 0.4) is 0 Å². The summed E-state index contributed by atoms with van der Waals surface area (Å²) in [6, 6.07) is 0. The molecule has 72 heavy (non-hydrogen) atoms. The quantitative estimate of drug-likeness (QED) is 0.0256. The van der Waals surface area contributed by atoms with Gasteiger partial charge in [-0.15, -0.1) is 0 Å². The molecule has 0 aromatic heterocycles. The Morgan fingerprint density at radius 1 is 0.278 bits per heavy atom. The number of ether oxygens (including phenoxy) is 4. The topological polar surface area (TPSA) is 658 Å². The second-order valence-electron chi connectivity index (χ2n) is 10.5. The first-order valence-electron chi connectivity index (χ1n) is 15.5. The van der Waals surface area contributed by atoms with E-state index in [4.69, 9.17) is 59.1 Å². The zero-order valence-electron chi connectivity index (χ0n) is 32.4. The molecule has 0 aromatic carbocycles. The third kappa shape index (κ3) is 61.4. The van der Waals surface area contributed by atoms with E-state index in [1.807, 2.05) is 0 Å². The molecule has 0 saturated carbocycles. The van der Waals surface area contributed by atoms with Gasteiger partial charge in [-0.05, 0) is 0 Å². The summed E-state index contributed by atoms with van der Waals surface area (Å²) >= 11 is 0. The van der Waals surface area contributed by atoms with Crippen molar-refractivity contribution in [1.82, 2.24) is 0 Å². The van der Waals surface area contributed by atoms with E-state index in [0.29, 0.717) is 0 Å². The molecule has 0 heterocycles. The van der Waals surface area contributed by atoms with E-state index >= 15 is 0 Å². The molecule has 0 aliphatic carbocycles. The molecule has 4 atom stereocenters. The summed E-state index contributed by atoms with van der Waals surface area (Å²) in [5.74, 6) is -19.1. The first-order chi connectivity index (χ1) is 30.5. The molecular weight excluding hydrogens is 1150 g/mol. The third-order valence-electron chi connectivity index (χ3n) is 4.87. The van der Waals surface area contributed by atoms with E-state index in [1.54, 1.807) is 0 Å². The van der Waals surface area contributed by atoms with Crippen molar-refractivity contribution in [2.24, 2.45) is 0 Å². The zero-order valence-corrected chi connectivity index (χ0v) is 35.7. The standard InChI is InChI=1S/4C6H8O10S.4Na.4H/c4*7-4(8)1-3(15-2-5(9)10)6(11)16-17(12,13)14;;;;;;;;/h4*3H,1-2H2,(H,7,8)(H,9,10)(H,12,13,14);;;;;;;;. The molecule has 0 fully saturated rings. The summed E-state index contributed by atoms with van der Waals surface area (Å²) < 4.78 is 145. The number of hydrogen-bond acceptors (Lipinski definition) is 28. The van der Waals surface area contributed by atoms with Gasteiger partial charge in [-0.3, -0.25) is 37.4 Å². The van der Waals surface area contributed by atoms with Gasteiger partial charge in [0.25, 0.3) is 0 Å². The van der Waals surface area contributed by atoms with Crippen molar-refractivity contribution in [3.8, 4) is 0 Å². The molecule has 0 radical (unpaired) electrons. The van der Waals surface area contributed by atoms with Crippen LogP contribution in [0.2, 0.25) is 0 Å². The molecule has 48 heteroatoms. The Morgan fingerprint density at radius 2 is 0.403 bits per heavy atom. The van der Waals surface area contributed by atoms with Crippen molar-refractivity contribution >= 4 is 231 Å². The summed E-state index contributed by atoms with van der Waals surface area (Å²) in [7, 11) is -20.5. The van der Waals surface area contributed by atoms with Gasteiger partial charge < -0.3 is 76.5 Å². The van der Waals surface area contributed by atoms with Crippen LogP contribution in [-0.2, 0) is 135 Å². The normalized spacial score (nSPS) is 12.1. The molecule has 0 rings (SSSR count). The van der Waals surface area contributed by atoms with Crippen molar-refractivity contribution in [3.63, 3.8) is 0 Å². The van der Waals surface area contributed by atoms with E-state index in [9.17, 15) is 91.2 Å². The van der Waals surface area contributed by atoms with Crippen LogP contribution in [0.25, 0.3) is 0 Å². The van der Waals surface area contributed by atoms with Gasteiger partial charge in [0.1, 0.15) is 26.4 Å². The maximum atomic E-state index is 11.0.